The van der Waals surface area contributed by atoms with Crippen molar-refractivity contribution in [2.45, 2.75) is 32.7 Å². The van der Waals surface area contributed by atoms with Gasteiger partial charge in [0.1, 0.15) is 23.4 Å². The van der Waals surface area contributed by atoms with Crippen molar-refractivity contribution in [2.24, 2.45) is 0 Å². The predicted octanol–water partition coefficient (Wildman–Crippen LogP) is 1.87. The van der Waals surface area contributed by atoms with Crippen molar-refractivity contribution in [3.8, 4) is 5.69 Å². The lowest BCUT2D eigenvalue weighted by molar-refractivity contribution is -0.133. The van der Waals surface area contributed by atoms with E-state index in [2.05, 4.69) is 26.2 Å². The third-order valence-electron chi connectivity index (χ3n) is 5.49. The zero-order valence-corrected chi connectivity index (χ0v) is 20.1. The molecule has 1 saturated heterocycles. The van der Waals surface area contributed by atoms with Gasteiger partial charge in [-0.3, -0.25) is 14.5 Å². The summed E-state index contributed by atoms with van der Waals surface area (Å²) in [6, 6.07) is 7.81. The van der Waals surface area contributed by atoms with Gasteiger partial charge in [-0.05, 0) is 54.5 Å². The molecule has 35 heavy (non-hydrogen) atoms. The number of rotatable bonds is 8. The van der Waals surface area contributed by atoms with E-state index >= 15 is 0 Å². The van der Waals surface area contributed by atoms with Gasteiger partial charge in [-0.15, -0.1) is 16.4 Å². The van der Waals surface area contributed by atoms with Gasteiger partial charge in [0.25, 0.3) is 5.91 Å². The first kappa shape index (κ1) is 24.0. The number of tetrazole rings is 1. The second kappa shape index (κ2) is 9.62. The number of aryl methyl sites for hydroxylation is 1. The summed E-state index contributed by atoms with van der Waals surface area (Å²) < 4.78 is 6.48. The number of ether oxygens (including phenoxy) is 1. The number of urea groups is 1. The normalized spacial score (nSPS) is 17.4. The highest BCUT2D eigenvalue weighted by molar-refractivity contribution is 7.16. The van der Waals surface area contributed by atoms with Crippen molar-refractivity contribution in [2.75, 3.05) is 18.5 Å². The Labute approximate surface area is 204 Å². The lowest BCUT2D eigenvalue weighted by Crippen LogP contribution is -2.42. The van der Waals surface area contributed by atoms with Gasteiger partial charge in [-0.1, -0.05) is 19.1 Å². The van der Waals surface area contributed by atoms with Crippen LogP contribution in [0.1, 0.15) is 41.6 Å². The minimum Gasteiger partial charge on any atom is -0.462 e. The molecule has 1 atom stereocenters. The van der Waals surface area contributed by atoms with Crippen LogP contribution in [0.15, 0.2) is 36.7 Å². The summed E-state index contributed by atoms with van der Waals surface area (Å²) in [5.41, 5.74) is -0.0518. The van der Waals surface area contributed by atoms with E-state index in [0.717, 1.165) is 9.78 Å². The molecule has 1 unspecified atom stereocenters. The Balaban J connectivity index is 1.52. The van der Waals surface area contributed by atoms with Crippen LogP contribution in [0, 0.1) is 0 Å². The summed E-state index contributed by atoms with van der Waals surface area (Å²) in [4.78, 5) is 52.8. The van der Waals surface area contributed by atoms with Crippen molar-refractivity contribution in [1.82, 2.24) is 30.4 Å². The second-order valence-corrected chi connectivity index (χ2v) is 8.97. The van der Waals surface area contributed by atoms with Crippen molar-refractivity contribution >= 4 is 40.2 Å². The number of nitrogens with one attached hydrogen (secondary N) is 2. The standard InChI is InChI=1S/C22H23N7O5S/c1-4-15-10-16(19(31)34-5-2)18(35-15)24-17(30)11-28-20(32)22(3,25-21(28)33)13-7-6-8-14(9-13)29-12-23-26-27-29/h6-10,12H,4-5,11H2,1-3H3,(H,24,30)(H,25,33). The molecule has 2 aromatic heterocycles. The maximum absolute atomic E-state index is 13.3. The Morgan fingerprint density at radius 1 is 1.23 bits per heavy atom. The van der Waals surface area contributed by atoms with Crippen LogP contribution >= 0.6 is 11.3 Å². The number of amides is 4. The Morgan fingerprint density at radius 2 is 2.03 bits per heavy atom. The molecule has 2 N–H and O–H groups in total. The SMILES string of the molecule is CCOC(=O)c1cc(CC)sc1NC(=O)CN1C(=O)NC(C)(c2cccc(-n3cnnn3)c2)C1=O. The summed E-state index contributed by atoms with van der Waals surface area (Å²) in [6.07, 6.45) is 2.08. The van der Waals surface area contributed by atoms with Crippen LogP contribution in [-0.2, 0) is 26.3 Å². The maximum Gasteiger partial charge on any atom is 0.341 e. The fraction of sp³-hybridized carbons (Fsp3) is 0.318. The van der Waals surface area contributed by atoms with Crippen molar-refractivity contribution in [3.63, 3.8) is 0 Å². The Hall–Kier alpha value is -4.13. The van der Waals surface area contributed by atoms with Gasteiger partial charge in [-0.2, -0.15) is 0 Å². The molecule has 1 aromatic carbocycles. The van der Waals surface area contributed by atoms with Gasteiger partial charge < -0.3 is 15.4 Å². The molecule has 3 aromatic rings. The van der Waals surface area contributed by atoms with Crippen LogP contribution in [-0.4, -0.2) is 62.1 Å². The number of imide groups is 1. The number of esters is 1. The Morgan fingerprint density at radius 3 is 2.71 bits per heavy atom. The predicted molar refractivity (Wildman–Crippen MR) is 125 cm³/mol. The van der Waals surface area contributed by atoms with Crippen LogP contribution in [0.5, 0.6) is 0 Å². The number of hydrogen-bond donors (Lipinski definition) is 2. The molecule has 4 rings (SSSR count). The van der Waals surface area contributed by atoms with Crippen molar-refractivity contribution in [3.05, 3.63) is 52.7 Å². The average Bonchev–Trinajstić information content (AvgIpc) is 3.56. The first-order chi connectivity index (χ1) is 16.8. The number of carbonyl (C=O) groups excluding carboxylic acids is 4. The molecule has 3 heterocycles. The van der Waals surface area contributed by atoms with Crippen LogP contribution < -0.4 is 10.6 Å². The lowest BCUT2D eigenvalue weighted by Gasteiger charge is -2.22. The molecule has 0 bridgehead atoms. The number of nitrogens with zero attached hydrogens (tertiary/aromatic N) is 5. The number of anilines is 1. The monoisotopic (exact) mass is 497 g/mol. The Kier molecular flexibility index (Phi) is 6.60. The molecule has 1 aliphatic rings. The van der Waals surface area contributed by atoms with Gasteiger partial charge in [0.15, 0.2) is 0 Å². The number of hydrogen-bond acceptors (Lipinski definition) is 9. The van der Waals surface area contributed by atoms with E-state index in [1.54, 1.807) is 44.2 Å². The van der Waals surface area contributed by atoms with Gasteiger partial charge in [-0.25, -0.2) is 14.3 Å². The topological polar surface area (TPSA) is 148 Å². The van der Waals surface area contributed by atoms with Crippen LogP contribution in [0.3, 0.4) is 0 Å². The molecule has 4 amide bonds. The smallest absolute Gasteiger partial charge is 0.341 e. The van der Waals surface area contributed by atoms with E-state index in [9.17, 15) is 19.2 Å². The number of thiophene rings is 1. The van der Waals surface area contributed by atoms with Crippen LogP contribution in [0.4, 0.5) is 9.80 Å². The molecule has 0 spiro atoms. The molecule has 0 saturated carbocycles. The minimum atomic E-state index is -1.39. The molecule has 0 aliphatic carbocycles. The molecule has 0 radical (unpaired) electrons. The van der Waals surface area contributed by atoms with Gasteiger partial charge in [0, 0.05) is 4.88 Å². The first-order valence-electron chi connectivity index (χ1n) is 10.8. The molecule has 1 fully saturated rings. The molecule has 13 heteroatoms. The van der Waals surface area contributed by atoms with Gasteiger partial charge in [0.2, 0.25) is 5.91 Å². The lowest BCUT2D eigenvalue weighted by atomic mass is 9.91. The molecular weight excluding hydrogens is 474 g/mol. The summed E-state index contributed by atoms with van der Waals surface area (Å²) in [5, 5.41) is 16.7. The second-order valence-electron chi connectivity index (χ2n) is 7.83. The van der Waals surface area contributed by atoms with Gasteiger partial charge in [0.05, 0.1) is 17.9 Å². The third-order valence-corrected chi connectivity index (χ3v) is 6.69. The van der Waals surface area contributed by atoms with E-state index < -0.39 is 35.9 Å². The highest BCUT2D eigenvalue weighted by Gasteiger charge is 2.49. The zero-order chi connectivity index (χ0) is 25.2. The van der Waals surface area contributed by atoms with E-state index in [0.29, 0.717) is 22.7 Å². The highest BCUT2D eigenvalue weighted by Crippen LogP contribution is 2.31. The molecule has 1 aliphatic heterocycles. The quantitative estimate of drug-likeness (QED) is 0.354. The maximum atomic E-state index is 13.3. The van der Waals surface area contributed by atoms with E-state index in [-0.39, 0.29) is 12.2 Å². The summed E-state index contributed by atoms with van der Waals surface area (Å²) in [7, 11) is 0. The highest BCUT2D eigenvalue weighted by atomic mass is 32.1. The summed E-state index contributed by atoms with van der Waals surface area (Å²) in [5.74, 6) is -1.75. The molecule has 12 nitrogen and oxygen atoms in total. The van der Waals surface area contributed by atoms with Crippen molar-refractivity contribution in [1.29, 1.82) is 0 Å². The van der Waals surface area contributed by atoms with Crippen LogP contribution in [0.25, 0.3) is 5.69 Å². The number of benzene rings is 1. The van der Waals surface area contributed by atoms with Crippen LogP contribution in [0.2, 0.25) is 0 Å². The van der Waals surface area contributed by atoms with Gasteiger partial charge >= 0.3 is 12.0 Å². The number of aromatic nitrogens is 4. The summed E-state index contributed by atoms with van der Waals surface area (Å²) in [6.45, 7) is 4.86. The third kappa shape index (κ3) is 4.62. The molecule has 182 valence electrons. The van der Waals surface area contributed by atoms with E-state index in [1.165, 1.54) is 22.3 Å². The van der Waals surface area contributed by atoms with E-state index in [1.807, 2.05) is 6.92 Å². The minimum absolute atomic E-state index is 0.194. The summed E-state index contributed by atoms with van der Waals surface area (Å²) >= 11 is 1.24. The van der Waals surface area contributed by atoms with Crippen molar-refractivity contribution < 1.29 is 23.9 Å². The average molecular weight is 498 g/mol. The largest absolute Gasteiger partial charge is 0.462 e. The fourth-order valence-electron chi connectivity index (χ4n) is 3.65. The molecular formula is C22H23N7O5S. The zero-order valence-electron chi connectivity index (χ0n) is 19.3. The fourth-order valence-corrected chi connectivity index (χ4v) is 4.65. The van der Waals surface area contributed by atoms with E-state index in [4.69, 9.17) is 4.74 Å². The first-order valence-corrected chi connectivity index (χ1v) is 11.7. The Bertz CT molecular complexity index is 1290. The number of carbonyl (C=O) groups is 4.